The molecule has 2 rings (SSSR count). The summed E-state index contributed by atoms with van der Waals surface area (Å²) in [6.07, 6.45) is 1.98. The Morgan fingerprint density at radius 1 is 1.30 bits per heavy atom. The Kier molecular flexibility index (Phi) is 5.57. The molecule has 1 aromatic carbocycles. The number of rotatable bonds is 6. The Morgan fingerprint density at radius 2 is 2.05 bits per heavy atom. The fourth-order valence-electron chi connectivity index (χ4n) is 2.52. The van der Waals surface area contributed by atoms with Gasteiger partial charge in [0.15, 0.2) is 0 Å². The van der Waals surface area contributed by atoms with Crippen LogP contribution in [0.15, 0.2) is 30.3 Å². The molecular formula is C15H23NO3S. The van der Waals surface area contributed by atoms with Crippen LogP contribution in [0.2, 0.25) is 0 Å². The first kappa shape index (κ1) is 15.5. The minimum Gasteiger partial charge on any atom is -0.376 e. The van der Waals surface area contributed by atoms with Crippen molar-refractivity contribution in [2.24, 2.45) is 5.92 Å². The molecule has 0 aliphatic carbocycles. The average molecular weight is 297 g/mol. The molecule has 1 atom stereocenters. The molecule has 0 amide bonds. The van der Waals surface area contributed by atoms with Crippen molar-refractivity contribution in [1.82, 2.24) is 4.31 Å². The van der Waals surface area contributed by atoms with Gasteiger partial charge in [-0.15, -0.1) is 0 Å². The first-order chi connectivity index (χ1) is 9.62. The summed E-state index contributed by atoms with van der Waals surface area (Å²) in [7, 11) is -3.05. The van der Waals surface area contributed by atoms with E-state index < -0.39 is 10.0 Å². The van der Waals surface area contributed by atoms with E-state index in [2.05, 4.69) is 0 Å². The maximum atomic E-state index is 11.9. The molecule has 0 spiro atoms. The van der Waals surface area contributed by atoms with Gasteiger partial charge in [0.1, 0.15) is 0 Å². The van der Waals surface area contributed by atoms with E-state index in [0.717, 1.165) is 18.4 Å². The zero-order chi connectivity index (χ0) is 14.4. The molecule has 0 unspecified atom stereocenters. The van der Waals surface area contributed by atoms with Crippen LogP contribution in [-0.4, -0.2) is 38.2 Å². The Balaban J connectivity index is 1.79. The van der Waals surface area contributed by atoms with Crippen LogP contribution in [0.5, 0.6) is 0 Å². The third-order valence-corrected chi connectivity index (χ3v) is 5.55. The fourth-order valence-corrected chi connectivity index (χ4v) is 3.73. The van der Waals surface area contributed by atoms with Crippen LogP contribution in [0.1, 0.15) is 25.3 Å². The van der Waals surface area contributed by atoms with Crippen molar-refractivity contribution in [2.75, 3.05) is 25.4 Å². The molecule has 20 heavy (non-hydrogen) atoms. The van der Waals surface area contributed by atoms with Crippen LogP contribution in [0.3, 0.4) is 0 Å². The molecule has 0 aromatic heterocycles. The summed E-state index contributed by atoms with van der Waals surface area (Å²) in [5, 5.41) is 0. The molecule has 0 saturated carbocycles. The average Bonchev–Trinajstić information content (AvgIpc) is 2.49. The van der Waals surface area contributed by atoms with Gasteiger partial charge in [0.25, 0.3) is 0 Å². The quantitative estimate of drug-likeness (QED) is 0.809. The molecule has 4 nitrogen and oxygen atoms in total. The summed E-state index contributed by atoms with van der Waals surface area (Å²) in [5.41, 5.74) is 1.15. The van der Waals surface area contributed by atoms with Crippen molar-refractivity contribution in [3.05, 3.63) is 35.9 Å². The van der Waals surface area contributed by atoms with Crippen LogP contribution in [0.25, 0.3) is 0 Å². The Morgan fingerprint density at radius 3 is 2.75 bits per heavy atom. The highest BCUT2D eigenvalue weighted by atomic mass is 32.2. The van der Waals surface area contributed by atoms with E-state index in [9.17, 15) is 8.42 Å². The Hall–Kier alpha value is -0.910. The summed E-state index contributed by atoms with van der Waals surface area (Å²) in [5.74, 6) is 0.499. The standard InChI is InChI=1S/C15H23NO3S/c1-2-20(17,18)16-10-6-9-15(11-16)13-19-12-14-7-4-3-5-8-14/h3-5,7-8,15H,2,6,9-13H2,1H3/t15-/m1/s1. The van der Waals surface area contributed by atoms with Gasteiger partial charge in [-0.25, -0.2) is 12.7 Å². The normalized spacial score (nSPS) is 20.9. The summed E-state index contributed by atoms with van der Waals surface area (Å²) in [4.78, 5) is 0. The Bertz CT molecular complexity index is 501. The van der Waals surface area contributed by atoms with E-state index in [4.69, 9.17) is 4.74 Å². The largest absolute Gasteiger partial charge is 0.376 e. The third kappa shape index (κ3) is 4.30. The Labute approximate surface area is 121 Å². The number of benzene rings is 1. The molecule has 112 valence electrons. The van der Waals surface area contributed by atoms with Crippen LogP contribution < -0.4 is 0 Å². The SMILES string of the molecule is CCS(=O)(=O)N1CCC[C@@H](COCc2ccccc2)C1. The number of nitrogens with zero attached hydrogens (tertiary/aromatic N) is 1. The van der Waals surface area contributed by atoms with E-state index in [1.807, 2.05) is 30.3 Å². The van der Waals surface area contributed by atoms with Gasteiger partial charge in [-0.05, 0) is 31.2 Å². The highest BCUT2D eigenvalue weighted by molar-refractivity contribution is 7.89. The number of hydrogen-bond donors (Lipinski definition) is 0. The summed E-state index contributed by atoms with van der Waals surface area (Å²) < 4.78 is 31.1. The smallest absolute Gasteiger partial charge is 0.213 e. The number of sulfonamides is 1. The highest BCUT2D eigenvalue weighted by Crippen LogP contribution is 2.20. The zero-order valence-corrected chi connectivity index (χ0v) is 12.8. The molecule has 5 heteroatoms. The van der Waals surface area contributed by atoms with Gasteiger partial charge in [-0.1, -0.05) is 30.3 Å². The third-order valence-electron chi connectivity index (χ3n) is 3.71. The van der Waals surface area contributed by atoms with Gasteiger partial charge < -0.3 is 4.74 Å². The maximum Gasteiger partial charge on any atom is 0.213 e. The second-order valence-corrected chi connectivity index (χ2v) is 7.53. The predicted molar refractivity (Wildman–Crippen MR) is 79.9 cm³/mol. The number of piperidine rings is 1. The maximum absolute atomic E-state index is 11.9. The van der Waals surface area contributed by atoms with Crippen molar-refractivity contribution < 1.29 is 13.2 Å². The molecule has 0 radical (unpaired) electrons. The van der Waals surface area contributed by atoms with Crippen LogP contribution >= 0.6 is 0 Å². The van der Waals surface area contributed by atoms with Crippen LogP contribution in [-0.2, 0) is 21.4 Å². The van der Waals surface area contributed by atoms with Gasteiger partial charge in [-0.3, -0.25) is 0 Å². The minimum absolute atomic E-state index is 0.185. The summed E-state index contributed by atoms with van der Waals surface area (Å²) in [6.45, 7) is 4.18. The van der Waals surface area contributed by atoms with Gasteiger partial charge in [0, 0.05) is 13.1 Å². The molecule has 1 heterocycles. The van der Waals surface area contributed by atoms with Gasteiger partial charge in [-0.2, -0.15) is 0 Å². The predicted octanol–water partition coefficient (Wildman–Crippen LogP) is 2.26. The summed E-state index contributed by atoms with van der Waals surface area (Å²) in [6, 6.07) is 10.0. The van der Waals surface area contributed by atoms with E-state index >= 15 is 0 Å². The van der Waals surface area contributed by atoms with Gasteiger partial charge in [0.2, 0.25) is 10.0 Å². The molecule has 1 aliphatic rings. The lowest BCUT2D eigenvalue weighted by molar-refractivity contribution is 0.0672. The molecule has 0 N–H and O–H groups in total. The highest BCUT2D eigenvalue weighted by Gasteiger charge is 2.27. The number of ether oxygens (including phenoxy) is 1. The molecule has 1 aromatic rings. The second kappa shape index (κ2) is 7.20. The molecule has 0 bridgehead atoms. The lowest BCUT2D eigenvalue weighted by atomic mass is 10.0. The molecular weight excluding hydrogens is 274 g/mol. The zero-order valence-electron chi connectivity index (χ0n) is 12.0. The monoisotopic (exact) mass is 297 g/mol. The topological polar surface area (TPSA) is 46.6 Å². The summed E-state index contributed by atoms with van der Waals surface area (Å²) >= 11 is 0. The van der Waals surface area contributed by atoms with Crippen molar-refractivity contribution in [3.8, 4) is 0 Å². The first-order valence-corrected chi connectivity index (χ1v) is 8.82. The second-order valence-electron chi connectivity index (χ2n) is 5.27. The van der Waals surface area contributed by atoms with Crippen molar-refractivity contribution >= 4 is 10.0 Å². The van der Waals surface area contributed by atoms with E-state index in [1.54, 1.807) is 11.2 Å². The number of hydrogen-bond acceptors (Lipinski definition) is 3. The van der Waals surface area contributed by atoms with Crippen molar-refractivity contribution in [3.63, 3.8) is 0 Å². The molecule has 1 saturated heterocycles. The van der Waals surface area contributed by atoms with Crippen LogP contribution in [0.4, 0.5) is 0 Å². The van der Waals surface area contributed by atoms with E-state index in [1.165, 1.54) is 0 Å². The lowest BCUT2D eigenvalue weighted by Crippen LogP contribution is -2.41. The van der Waals surface area contributed by atoms with Crippen LogP contribution in [0, 0.1) is 5.92 Å². The van der Waals surface area contributed by atoms with Crippen molar-refractivity contribution in [1.29, 1.82) is 0 Å². The van der Waals surface area contributed by atoms with E-state index in [-0.39, 0.29) is 5.75 Å². The fraction of sp³-hybridized carbons (Fsp3) is 0.600. The first-order valence-electron chi connectivity index (χ1n) is 7.21. The van der Waals surface area contributed by atoms with E-state index in [0.29, 0.717) is 32.2 Å². The molecule has 1 fully saturated rings. The van der Waals surface area contributed by atoms with Gasteiger partial charge >= 0.3 is 0 Å². The molecule has 1 aliphatic heterocycles. The lowest BCUT2D eigenvalue weighted by Gasteiger charge is -2.31. The minimum atomic E-state index is -3.05. The van der Waals surface area contributed by atoms with Crippen molar-refractivity contribution in [2.45, 2.75) is 26.4 Å². The van der Waals surface area contributed by atoms with Gasteiger partial charge in [0.05, 0.1) is 19.0 Å².